The lowest BCUT2D eigenvalue weighted by Gasteiger charge is -2.00. The predicted molar refractivity (Wildman–Crippen MR) is 35.0 cm³/mol. The molecule has 1 aliphatic rings. The lowest BCUT2D eigenvalue weighted by Crippen LogP contribution is -2.07. The van der Waals surface area contributed by atoms with Crippen molar-refractivity contribution in [1.29, 1.82) is 0 Å². The van der Waals surface area contributed by atoms with E-state index in [2.05, 4.69) is 11.2 Å². The molecule has 1 rings (SSSR count). The zero-order valence-corrected chi connectivity index (χ0v) is 5.81. The molecule has 1 saturated carbocycles. The second kappa shape index (κ2) is 1.50. The fraction of sp³-hybridized carbons (Fsp3) is 1.00. The van der Waals surface area contributed by atoms with Crippen molar-refractivity contribution in [2.75, 3.05) is 0 Å². The summed E-state index contributed by atoms with van der Waals surface area (Å²) in [7, 11) is -0.738. The van der Waals surface area contributed by atoms with Gasteiger partial charge in [0.25, 0.3) is 0 Å². The molecule has 0 radical (unpaired) electrons. The molecule has 1 aliphatic carbocycles. The molecule has 3 heteroatoms. The third kappa shape index (κ3) is 1.01. The van der Waals surface area contributed by atoms with E-state index in [9.17, 15) is 0 Å². The molecule has 1 unspecified atom stereocenters. The molecular formula is C4H8OS2. The topological polar surface area (TPSA) is 20.2 Å². The van der Waals surface area contributed by atoms with Gasteiger partial charge in [-0.1, -0.05) is 0 Å². The van der Waals surface area contributed by atoms with E-state index in [1.165, 1.54) is 0 Å². The third-order valence-electron chi connectivity index (χ3n) is 1.38. The van der Waals surface area contributed by atoms with Crippen LogP contribution in [-0.2, 0) is 20.9 Å². The number of rotatable bonds is 1. The number of hydrogen-bond acceptors (Lipinski definition) is 1. The molecular weight excluding hydrogens is 128 g/mol. The molecule has 0 aromatic carbocycles. The van der Waals surface area contributed by atoms with Crippen LogP contribution in [0.5, 0.6) is 0 Å². The Kier molecular flexibility index (Phi) is 1.22. The summed E-state index contributed by atoms with van der Waals surface area (Å²) in [6, 6.07) is 0. The molecule has 42 valence electrons. The van der Waals surface area contributed by atoms with Crippen LogP contribution in [0.1, 0.15) is 19.8 Å². The maximum Gasteiger partial charge on any atom is 0.0421 e. The molecule has 0 aromatic rings. The Morgan fingerprint density at radius 2 is 2.14 bits per heavy atom. The fourth-order valence-corrected chi connectivity index (χ4v) is 1.30. The van der Waals surface area contributed by atoms with Crippen molar-refractivity contribution in [3.05, 3.63) is 0 Å². The Balaban J connectivity index is 2.55. The summed E-state index contributed by atoms with van der Waals surface area (Å²) in [5, 5.41) is 0. The zero-order chi connectivity index (χ0) is 5.49. The van der Waals surface area contributed by atoms with Crippen LogP contribution in [0.4, 0.5) is 0 Å². The first kappa shape index (κ1) is 5.66. The van der Waals surface area contributed by atoms with Crippen LogP contribution in [0.3, 0.4) is 0 Å². The minimum Gasteiger partial charge on any atom is -0.327 e. The normalized spacial score (nSPS) is 29.4. The van der Waals surface area contributed by atoms with E-state index < -0.39 is 9.74 Å². The fourth-order valence-electron chi connectivity index (χ4n) is 0.351. The van der Waals surface area contributed by atoms with Gasteiger partial charge in [-0.15, -0.1) is 0 Å². The van der Waals surface area contributed by atoms with Gasteiger partial charge in [-0.3, -0.25) is 0 Å². The quantitative estimate of drug-likeness (QED) is 0.582. The van der Waals surface area contributed by atoms with Crippen molar-refractivity contribution in [2.24, 2.45) is 0 Å². The molecule has 0 bridgehead atoms. The average Bonchev–Trinajstić information content (AvgIpc) is 2.21. The summed E-state index contributed by atoms with van der Waals surface area (Å²) in [4.78, 5) is 0. The summed E-state index contributed by atoms with van der Waals surface area (Å²) < 4.78 is 8.94. The van der Waals surface area contributed by atoms with Crippen molar-refractivity contribution < 1.29 is 4.55 Å². The van der Waals surface area contributed by atoms with Gasteiger partial charge in [0.15, 0.2) is 0 Å². The molecule has 0 spiro atoms. The van der Waals surface area contributed by atoms with Gasteiger partial charge in [-0.2, -0.15) is 0 Å². The highest BCUT2D eigenvalue weighted by Crippen LogP contribution is 2.39. The van der Waals surface area contributed by atoms with Gasteiger partial charge in [0.2, 0.25) is 0 Å². The van der Waals surface area contributed by atoms with Gasteiger partial charge in [-0.05, 0) is 31.0 Å². The van der Waals surface area contributed by atoms with Gasteiger partial charge in [0.1, 0.15) is 0 Å². The SMILES string of the molecule is CC1(S(O)=S)CC1. The Bertz CT molecular complexity index is 106. The molecule has 1 nitrogen and oxygen atoms in total. The highest BCUT2D eigenvalue weighted by atomic mass is 32.8. The van der Waals surface area contributed by atoms with E-state index in [-0.39, 0.29) is 4.75 Å². The summed E-state index contributed by atoms with van der Waals surface area (Å²) in [6.45, 7) is 2.03. The van der Waals surface area contributed by atoms with E-state index in [1.807, 2.05) is 6.92 Å². The van der Waals surface area contributed by atoms with E-state index in [1.54, 1.807) is 0 Å². The van der Waals surface area contributed by atoms with Crippen LogP contribution in [0, 0.1) is 0 Å². The van der Waals surface area contributed by atoms with Crippen molar-refractivity contribution in [3.8, 4) is 0 Å². The summed E-state index contributed by atoms with van der Waals surface area (Å²) in [6.07, 6.45) is 2.24. The Morgan fingerprint density at radius 1 is 1.71 bits per heavy atom. The van der Waals surface area contributed by atoms with E-state index in [0.717, 1.165) is 12.8 Å². The Labute approximate surface area is 50.5 Å². The predicted octanol–water partition coefficient (Wildman–Crippen LogP) is 1.09. The van der Waals surface area contributed by atoms with Gasteiger partial charge < -0.3 is 4.55 Å². The standard InChI is InChI=1S/C4H8OS2/c1-4(2-3-4)7(5)6/h2-3H2,1H3,(H,5,6). The third-order valence-corrected chi connectivity index (χ3v) is 3.83. The van der Waals surface area contributed by atoms with Crippen LogP contribution in [-0.4, -0.2) is 9.30 Å². The van der Waals surface area contributed by atoms with Crippen LogP contribution in [0.15, 0.2) is 0 Å². The average molecular weight is 136 g/mol. The van der Waals surface area contributed by atoms with Crippen molar-refractivity contribution in [1.82, 2.24) is 0 Å². The summed E-state index contributed by atoms with van der Waals surface area (Å²) in [5.41, 5.74) is 0. The van der Waals surface area contributed by atoms with Gasteiger partial charge in [0.05, 0.1) is 0 Å². The summed E-state index contributed by atoms with van der Waals surface area (Å²) >= 11 is 4.66. The van der Waals surface area contributed by atoms with Crippen LogP contribution in [0.2, 0.25) is 0 Å². The highest BCUT2D eigenvalue weighted by Gasteiger charge is 2.40. The maximum absolute atomic E-state index is 8.79. The van der Waals surface area contributed by atoms with Crippen LogP contribution >= 0.6 is 0 Å². The first-order chi connectivity index (χ1) is 3.15. The second-order valence-corrected chi connectivity index (χ2v) is 4.63. The minimum atomic E-state index is -0.738. The van der Waals surface area contributed by atoms with E-state index in [4.69, 9.17) is 4.55 Å². The molecule has 0 saturated heterocycles. The monoisotopic (exact) mass is 136 g/mol. The smallest absolute Gasteiger partial charge is 0.0421 e. The molecule has 0 heterocycles. The first-order valence-corrected chi connectivity index (χ1v) is 4.37. The van der Waals surface area contributed by atoms with Crippen LogP contribution < -0.4 is 0 Å². The van der Waals surface area contributed by atoms with Crippen molar-refractivity contribution >= 4 is 20.9 Å². The molecule has 1 N–H and O–H groups in total. The number of hydrogen-bond donors (Lipinski definition) is 1. The van der Waals surface area contributed by atoms with Crippen LogP contribution in [0.25, 0.3) is 0 Å². The molecule has 1 atom stereocenters. The molecule has 0 amide bonds. The Hall–Kier alpha value is 0.530. The lowest BCUT2D eigenvalue weighted by atomic mass is 10.5. The van der Waals surface area contributed by atoms with Crippen molar-refractivity contribution in [3.63, 3.8) is 0 Å². The van der Waals surface area contributed by atoms with Crippen molar-refractivity contribution in [2.45, 2.75) is 24.5 Å². The zero-order valence-electron chi connectivity index (χ0n) is 4.18. The summed E-state index contributed by atoms with van der Waals surface area (Å²) in [5.74, 6) is 0. The minimum absolute atomic E-state index is 0.148. The van der Waals surface area contributed by atoms with Gasteiger partial charge in [-0.25, -0.2) is 0 Å². The lowest BCUT2D eigenvalue weighted by molar-refractivity contribution is 0.641. The first-order valence-electron chi connectivity index (χ1n) is 2.26. The molecule has 1 fully saturated rings. The Morgan fingerprint density at radius 3 is 2.14 bits per heavy atom. The molecule has 7 heavy (non-hydrogen) atoms. The largest absolute Gasteiger partial charge is 0.327 e. The second-order valence-electron chi connectivity index (χ2n) is 2.20. The van der Waals surface area contributed by atoms with E-state index in [0.29, 0.717) is 0 Å². The van der Waals surface area contributed by atoms with Gasteiger partial charge in [0, 0.05) is 14.5 Å². The van der Waals surface area contributed by atoms with E-state index >= 15 is 0 Å². The maximum atomic E-state index is 8.79. The highest BCUT2D eigenvalue weighted by molar-refractivity contribution is 8.26. The molecule has 0 aromatic heterocycles. The molecule has 0 aliphatic heterocycles. The van der Waals surface area contributed by atoms with Gasteiger partial charge >= 0.3 is 0 Å².